The van der Waals surface area contributed by atoms with Crippen molar-refractivity contribution in [3.05, 3.63) is 0 Å². The van der Waals surface area contributed by atoms with Crippen LogP contribution in [0.15, 0.2) is 0 Å². The zero-order chi connectivity index (χ0) is 7.98. The minimum atomic E-state index is -0.586. The van der Waals surface area contributed by atoms with Crippen molar-refractivity contribution in [2.75, 3.05) is 10.7 Å². The molecule has 0 amide bonds. The van der Waals surface area contributed by atoms with Gasteiger partial charge in [-0.25, -0.2) is 0 Å². The van der Waals surface area contributed by atoms with Crippen LogP contribution in [0.25, 0.3) is 0 Å². The molecule has 10 heavy (non-hydrogen) atoms. The molecular weight excluding hydrogens is 264 g/mol. The monoisotopic (exact) mass is 274 g/mol. The van der Waals surface area contributed by atoms with Crippen LogP contribution in [0.2, 0.25) is 0 Å². The Labute approximate surface area is 77.9 Å². The second kappa shape index (κ2) is 6.58. The first kappa shape index (κ1) is 10.9. The molecule has 0 aromatic heterocycles. The Bertz CT molecular complexity index is 70.1. The summed E-state index contributed by atoms with van der Waals surface area (Å²) < 4.78 is 0. The standard InChI is InChI=1S/C6H12Br2O2/c7-3-1-5(9)6(10)2-4-8/h5-6,9-10H,1-4H2/t5-,6?/m1/s1. The van der Waals surface area contributed by atoms with Crippen molar-refractivity contribution in [1.82, 2.24) is 0 Å². The Morgan fingerprint density at radius 1 is 0.900 bits per heavy atom. The summed E-state index contributed by atoms with van der Waals surface area (Å²) >= 11 is 6.37. The Hall–Kier alpha value is 0.880. The van der Waals surface area contributed by atoms with Crippen LogP contribution >= 0.6 is 31.9 Å². The molecule has 0 spiro atoms. The number of aliphatic hydroxyl groups is 2. The molecule has 0 rings (SSSR count). The molecule has 62 valence electrons. The molecule has 0 heterocycles. The predicted molar refractivity (Wildman–Crippen MR) is 48.8 cm³/mol. The summed E-state index contributed by atoms with van der Waals surface area (Å²) in [7, 11) is 0. The quantitative estimate of drug-likeness (QED) is 0.742. The van der Waals surface area contributed by atoms with E-state index in [9.17, 15) is 0 Å². The van der Waals surface area contributed by atoms with E-state index in [0.29, 0.717) is 12.8 Å². The van der Waals surface area contributed by atoms with Crippen LogP contribution in [0.5, 0.6) is 0 Å². The molecule has 0 fully saturated rings. The number of alkyl halides is 2. The van der Waals surface area contributed by atoms with Crippen molar-refractivity contribution >= 4 is 31.9 Å². The minimum Gasteiger partial charge on any atom is -0.390 e. The highest BCUT2D eigenvalue weighted by Crippen LogP contribution is 2.06. The van der Waals surface area contributed by atoms with E-state index < -0.39 is 12.2 Å². The molecule has 0 aliphatic rings. The zero-order valence-electron chi connectivity index (χ0n) is 5.63. The molecule has 2 N–H and O–H groups in total. The van der Waals surface area contributed by atoms with E-state index in [2.05, 4.69) is 31.9 Å². The van der Waals surface area contributed by atoms with E-state index in [4.69, 9.17) is 10.2 Å². The van der Waals surface area contributed by atoms with Crippen molar-refractivity contribution in [3.8, 4) is 0 Å². The van der Waals surface area contributed by atoms with Gasteiger partial charge in [0.05, 0.1) is 12.2 Å². The summed E-state index contributed by atoms with van der Waals surface area (Å²) in [6, 6.07) is 0. The lowest BCUT2D eigenvalue weighted by Gasteiger charge is -2.14. The van der Waals surface area contributed by atoms with E-state index in [1.54, 1.807) is 0 Å². The smallest absolute Gasteiger partial charge is 0.0807 e. The number of hydrogen-bond donors (Lipinski definition) is 2. The third-order valence-electron chi connectivity index (χ3n) is 1.25. The van der Waals surface area contributed by atoms with E-state index >= 15 is 0 Å². The summed E-state index contributed by atoms with van der Waals surface area (Å²) in [5, 5.41) is 19.8. The van der Waals surface area contributed by atoms with Gasteiger partial charge < -0.3 is 10.2 Å². The van der Waals surface area contributed by atoms with Gasteiger partial charge in [0.1, 0.15) is 0 Å². The van der Waals surface area contributed by atoms with Crippen LogP contribution in [0.1, 0.15) is 12.8 Å². The van der Waals surface area contributed by atoms with Gasteiger partial charge in [-0.15, -0.1) is 0 Å². The third-order valence-corrected chi connectivity index (χ3v) is 2.17. The summed E-state index contributed by atoms with van der Waals surface area (Å²) in [6.07, 6.45) is 0.0383. The maximum absolute atomic E-state index is 9.15. The molecule has 0 aliphatic heterocycles. The second-order valence-electron chi connectivity index (χ2n) is 2.09. The van der Waals surface area contributed by atoms with Crippen LogP contribution in [-0.4, -0.2) is 33.1 Å². The maximum atomic E-state index is 9.15. The lowest BCUT2D eigenvalue weighted by molar-refractivity contribution is 0.0175. The molecule has 0 aromatic rings. The van der Waals surface area contributed by atoms with Crippen LogP contribution in [0.3, 0.4) is 0 Å². The SMILES string of the molecule is OC(CCBr)[C@H](O)CCBr. The Morgan fingerprint density at radius 3 is 1.40 bits per heavy atom. The molecule has 0 saturated carbocycles. The first-order valence-electron chi connectivity index (χ1n) is 3.20. The third kappa shape index (κ3) is 4.66. The Balaban J connectivity index is 3.38. The Kier molecular flexibility index (Phi) is 7.16. The molecule has 2 atom stereocenters. The van der Waals surface area contributed by atoms with Crippen LogP contribution in [0, 0.1) is 0 Å². The van der Waals surface area contributed by atoms with Gasteiger partial charge in [-0.1, -0.05) is 31.9 Å². The number of rotatable bonds is 5. The van der Waals surface area contributed by atoms with Crippen molar-refractivity contribution in [3.63, 3.8) is 0 Å². The van der Waals surface area contributed by atoms with Crippen LogP contribution in [-0.2, 0) is 0 Å². The molecule has 0 aliphatic carbocycles. The highest BCUT2D eigenvalue weighted by Gasteiger charge is 2.13. The predicted octanol–water partition coefficient (Wildman–Crippen LogP) is 1.28. The van der Waals surface area contributed by atoms with Gasteiger partial charge in [0, 0.05) is 10.7 Å². The zero-order valence-corrected chi connectivity index (χ0v) is 8.81. The average molecular weight is 276 g/mol. The molecular formula is C6H12Br2O2. The van der Waals surface area contributed by atoms with E-state index in [0.717, 1.165) is 10.7 Å². The highest BCUT2D eigenvalue weighted by molar-refractivity contribution is 9.09. The topological polar surface area (TPSA) is 40.5 Å². The fourth-order valence-electron chi connectivity index (χ4n) is 0.608. The molecule has 1 unspecified atom stereocenters. The Morgan fingerprint density at radius 2 is 1.20 bits per heavy atom. The van der Waals surface area contributed by atoms with E-state index in [1.165, 1.54) is 0 Å². The lowest BCUT2D eigenvalue weighted by Crippen LogP contribution is -2.26. The molecule has 0 radical (unpaired) electrons. The highest BCUT2D eigenvalue weighted by atomic mass is 79.9. The molecule has 4 heteroatoms. The van der Waals surface area contributed by atoms with Gasteiger partial charge in [-0.3, -0.25) is 0 Å². The number of hydrogen-bond acceptors (Lipinski definition) is 2. The summed E-state index contributed by atoms with van der Waals surface area (Å²) in [4.78, 5) is 0. The van der Waals surface area contributed by atoms with E-state index in [1.807, 2.05) is 0 Å². The van der Waals surface area contributed by atoms with Gasteiger partial charge in [0.2, 0.25) is 0 Å². The lowest BCUT2D eigenvalue weighted by atomic mass is 10.1. The summed E-state index contributed by atoms with van der Waals surface area (Å²) in [6.45, 7) is 0. The fourth-order valence-corrected chi connectivity index (χ4v) is 1.55. The van der Waals surface area contributed by atoms with Gasteiger partial charge in [-0.05, 0) is 12.8 Å². The van der Waals surface area contributed by atoms with Crippen LogP contribution < -0.4 is 0 Å². The molecule has 0 saturated heterocycles. The maximum Gasteiger partial charge on any atom is 0.0807 e. The average Bonchev–Trinajstić information content (AvgIpc) is 1.89. The van der Waals surface area contributed by atoms with E-state index in [-0.39, 0.29) is 0 Å². The van der Waals surface area contributed by atoms with Gasteiger partial charge in [0.25, 0.3) is 0 Å². The summed E-state index contributed by atoms with van der Waals surface area (Å²) in [5.74, 6) is 0. The van der Waals surface area contributed by atoms with Gasteiger partial charge in [0.15, 0.2) is 0 Å². The normalized spacial score (nSPS) is 16.8. The summed E-state index contributed by atoms with van der Waals surface area (Å²) in [5.41, 5.74) is 0. The number of halogens is 2. The first-order valence-corrected chi connectivity index (χ1v) is 5.44. The van der Waals surface area contributed by atoms with Crippen molar-refractivity contribution in [2.45, 2.75) is 25.0 Å². The fraction of sp³-hybridized carbons (Fsp3) is 1.00. The van der Waals surface area contributed by atoms with Crippen molar-refractivity contribution in [2.24, 2.45) is 0 Å². The second-order valence-corrected chi connectivity index (χ2v) is 3.68. The minimum absolute atomic E-state index is 0.586. The molecule has 2 nitrogen and oxygen atoms in total. The number of aliphatic hydroxyl groups excluding tert-OH is 2. The van der Waals surface area contributed by atoms with Gasteiger partial charge in [-0.2, -0.15) is 0 Å². The molecule has 0 bridgehead atoms. The largest absolute Gasteiger partial charge is 0.390 e. The van der Waals surface area contributed by atoms with Crippen LogP contribution in [0.4, 0.5) is 0 Å². The van der Waals surface area contributed by atoms with Gasteiger partial charge >= 0.3 is 0 Å². The van der Waals surface area contributed by atoms with Crippen molar-refractivity contribution < 1.29 is 10.2 Å². The van der Waals surface area contributed by atoms with Crippen molar-refractivity contribution in [1.29, 1.82) is 0 Å². The first-order chi connectivity index (χ1) is 4.72. The molecule has 0 aromatic carbocycles.